The zero-order chi connectivity index (χ0) is 19.1. The molecular weight excluding hydrogens is 345 g/mol. The number of nitrogens with one attached hydrogen (secondary N) is 1. The predicted molar refractivity (Wildman–Crippen MR) is 102 cm³/mol. The summed E-state index contributed by atoms with van der Waals surface area (Å²) in [4.78, 5) is 11.7. The Morgan fingerprint density at radius 2 is 1.85 bits per heavy atom. The van der Waals surface area contributed by atoms with Gasteiger partial charge in [-0.05, 0) is 62.7 Å². The molecule has 0 bridgehead atoms. The van der Waals surface area contributed by atoms with E-state index in [0.717, 1.165) is 28.1 Å². The maximum absolute atomic E-state index is 13.4. The molecule has 0 saturated carbocycles. The molecule has 2 heterocycles. The minimum atomic E-state index is -0.277. The van der Waals surface area contributed by atoms with Crippen LogP contribution in [0.25, 0.3) is 22.4 Å². The van der Waals surface area contributed by atoms with Crippen LogP contribution < -0.4 is 10.1 Å². The van der Waals surface area contributed by atoms with E-state index in [-0.39, 0.29) is 24.4 Å². The fraction of sp³-hybridized carbons (Fsp3) is 0.238. The van der Waals surface area contributed by atoms with Gasteiger partial charge in [-0.1, -0.05) is 6.07 Å². The van der Waals surface area contributed by atoms with Gasteiger partial charge in [0.25, 0.3) is 5.91 Å². The maximum atomic E-state index is 13.4. The first kappa shape index (κ1) is 17.3. The molecule has 4 rings (SSSR count). The van der Waals surface area contributed by atoms with Gasteiger partial charge in [0.15, 0.2) is 6.61 Å². The van der Waals surface area contributed by atoms with E-state index in [2.05, 4.69) is 19.2 Å². The van der Waals surface area contributed by atoms with Crippen LogP contribution >= 0.6 is 0 Å². The van der Waals surface area contributed by atoms with E-state index in [0.29, 0.717) is 11.4 Å². The Balaban J connectivity index is 1.92. The number of ether oxygens (including phenoxy) is 1. The molecule has 1 aliphatic rings. The zero-order valence-corrected chi connectivity index (χ0v) is 15.4. The van der Waals surface area contributed by atoms with Crippen molar-refractivity contribution in [3.05, 3.63) is 54.0 Å². The second-order valence-electron chi connectivity index (χ2n) is 6.90. The second-order valence-corrected chi connectivity index (χ2v) is 6.90. The fourth-order valence-corrected chi connectivity index (χ4v) is 3.39. The van der Waals surface area contributed by atoms with Crippen LogP contribution in [0, 0.1) is 12.7 Å². The molecule has 1 amide bonds. The molecule has 1 aromatic heterocycles. The van der Waals surface area contributed by atoms with Gasteiger partial charge in [-0.25, -0.2) is 4.39 Å². The molecule has 6 heteroatoms. The highest BCUT2D eigenvalue weighted by molar-refractivity contribution is 5.97. The highest BCUT2D eigenvalue weighted by Gasteiger charge is 2.22. The van der Waals surface area contributed by atoms with Crippen molar-refractivity contribution >= 4 is 11.6 Å². The molecule has 138 valence electrons. The van der Waals surface area contributed by atoms with Gasteiger partial charge in [0, 0.05) is 17.2 Å². The number of halogens is 1. The number of carbonyl (C=O) groups is 1. The van der Waals surface area contributed by atoms with E-state index >= 15 is 0 Å². The second kappa shape index (κ2) is 6.54. The monoisotopic (exact) mass is 365 g/mol. The third-order valence-corrected chi connectivity index (χ3v) is 4.59. The van der Waals surface area contributed by atoms with E-state index in [1.165, 1.54) is 12.1 Å². The highest BCUT2D eigenvalue weighted by Crippen LogP contribution is 2.40. The molecule has 5 nitrogen and oxygen atoms in total. The largest absolute Gasteiger partial charge is 0.482 e. The maximum Gasteiger partial charge on any atom is 0.262 e. The molecule has 1 N–H and O–H groups in total. The van der Waals surface area contributed by atoms with Crippen molar-refractivity contribution in [1.82, 2.24) is 9.78 Å². The summed E-state index contributed by atoms with van der Waals surface area (Å²) in [5, 5.41) is 7.56. The van der Waals surface area contributed by atoms with Crippen molar-refractivity contribution in [2.45, 2.75) is 26.8 Å². The quantitative estimate of drug-likeness (QED) is 0.739. The number of hydrogen-bond acceptors (Lipinski definition) is 3. The molecule has 1 aliphatic heterocycles. The Bertz CT molecular complexity index is 1020. The van der Waals surface area contributed by atoms with E-state index < -0.39 is 0 Å². The molecule has 0 saturated heterocycles. The van der Waals surface area contributed by atoms with Crippen LogP contribution in [0.2, 0.25) is 0 Å². The van der Waals surface area contributed by atoms with Gasteiger partial charge in [-0.2, -0.15) is 5.10 Å². The van der Waals surface area contributed by atoms with Crippen molar-refractivity contribution in [2.75, 3.05) is 11.9 Å². The zero-order valence-electron chi connectivity index (χ0n) is 15.4. The van der Waals surface area contributed by atoms with Gasteiger partial charge >= 0.3 is 0 Å². The minimum Gasteiger partial charge on any atom is -0.482 e. The third kappa shape index (κ3) is 3.07. The molecule has 0 aliphatic carbocycles. The van der Waals surface area contributed by atoms with Gasteiger partial charge in [0.2, 0.25) is 0 Å². The van der Waals surface area contributed by atoms with Crippen molar-refractivity contribution in [2.24, 2.45) is 0 Å². The van der Waals surface area contributed by atoms with Crippen LogP contribution in [0.5, 0.6) is 5.75 Å². The lowest BCUT2D eigenvalue weighted by Gasteiger charge is -2.19. The highest BCUT2D eigenvalue weighted by atomic mass is 19.1. The first-order valence-electron chi connectivity index (χ1n) is 8.86. The average Bonchev–Trinajstić information content (AvgIpc) is 2.99. The lowest BCUT2D eigenvalue weighted by Crippen LogP contribution is -2.25. The Morgan fingerprint density at radius 3 is 2.56 bits per heavy atom. The summed E-state index contributed by atoms with van der Waals surface area (Å²) in [6, 6.07) is 12.3. The van der Waals surface area contributed by atoms with Crippen LogP contribution in [-0.4, -0.2) is 22.3 Å². The Hall–Kier alpha value is -3.15. The standard InChI is InChI=1S/C21H20FN3O2/c1-12(2)25-21(14-4-7-16(22)8-5-14)20(13(3)24-25)15-6-9-18-17(10-15)23-19(26)11-27-18/h4-10,12H,11H2,1-3H3,(H,23,26). The van der Waals surface area contributed by atoms with Crippen LogP contribution in [0.1, 0.15) is 25.6 Å². The average molecular weight is 365 g/mol. The summed E-state index contributed by atoms with van der Waals surface area (Å²) < 4.78 is 20.8. The van der Waals surface area contributed by atoms with Crippen molar-refractivity contribution in [1.29, 1.82) is 0 Å². The Morgan fingerprint density at radius 1 is 1.15 bits per heavy atom. The summed E-state index contributed by atoms with van der Waals surface area (Å²) in [5.74, 6) is 0.199. The van der Waals surface area contributed by atoms with Gasteiger partial charge in [-0.3, -0.25) is 9.48 Å². The molecular formula is C21H20FN3O2. The summed E-state index contributed by atoms with van der Waals surface area (Å²) in [7, 11) is 0. The predicted octanol–water partition coefficient (Wildman–Crippen LogP) is 4.58. The van der Waals surface area contributed by atoms with Gasteiger partial charge in [0.05, 0.1) is 17.1 Å². The minimum absolute atomic E-state index is 0.0253. The Kier molecular flexibility index (Phi) is 4.18. The van der Waals surface area contributed by atoms with E-state index in [1.54, 1.807) is 12.1 Å². The number of anilines is 1. The number of fused-ring (bicyclic) bond motifs is 1. The number of benzene rings is 2. The molecule has 0 unspecified atom stereocenters. The topological polar surface area (TPSA) is 56.2 Å². The molecule has 0 atom stereocenters. The van der Waals surface area contributed by atoms with Crippen LogP contribution in [0.15, 0.2) is 42.5 Å². The molecule has 27 heavy (non-hydrogen) atoms. The third-order valence-electron chi connectivity index (χ3n) is 4.59. The number of aromatic nitrogens is 2. The number of aryl methyl sites for hydroxylation is 1. The molecule has 2 aromatic carbocycles. The molecule has 0 spiro atoms. The van der Waals surface area contributed by atoms with Gasteiger partial charge in [0.1, 0.15) is 11.6 Å². The summed E-state index contributed by atoms with van der Waals surface area (Å²) >= 11 is 0. The van der Waals surface area contributed by atoms with E-state index in [4.69, 9.17) is 9.84 Å². The van der Waals surface area contributed by atoms with Crippen LogP contribution in [-0.2, 0) is 4.79 Å². The number of carbonyl (C=O) groups excluding carboxylic acids is 1. The fourth-order valence-electron chi connectivity index (χ4n) is 3.39. The lowest BCUT2D eigenvalue weighted by molar-refractivity contribution is -0.118. The van der Waals surface area contributed by atoms with E-state index in [9.17, 15) is 9.18 Å². The SMILES string of the molecule is Cc1nn(C(C)C)c(-c2ccc(F)cc2)c1-c1ccc2c(c1)NC(=O)CO2. The number of hydrogen-bond donors (Lipinski definition) is 1. The molecule has 3 aromatic rings. The normalized spacial score (nSPS) is 13.3. The smallest absolute Gasteiger partial charge is 0.262 e. The Labute approximate surface area is 156 Å². The van der Waals surface area contributed by atoms with Crippen molar-refractivity contribution in [3.8, 4) is 28.1 Å². The lowest BCUT2D eigenvalue weighted by atomic mass is 9.98. The van der Waals surface area contributed by atoms with Crippen LogP contribution in [0.3, 0.4) is 0 Å². The summed E-state index contributed by atoms with van der Waals surface area (Å²) in [6.07, 6.45) is 0. The van der Waals surface area contributed by atoms with E-state index in [1.807, 2.05) is 29.8 Å². The van der Waals surface area contributed by atoms with Gasteiger partial charge < -0.3 is 10.1 Å². The molecule has 0 fully saturated rings. The number of rotatable bonds is 3. The number of amides is 1. The summed E-state index contributed by atoms with van der Waals surface area (Å²) in [5.41, 5.74) is 5.20. The number of nitrogens with zero attached hydrogens (tertiary/aromatic N) is 2. The molecule has 0 radical (unpaired) electrons. The van der Waals surface area contributed by atoms with Crippen molar-refractivity contribution in [3.63, 3.8) is 0 Å². The van der Waals surface area contributed by atoms with Gasteiger partial charge in [-0.15, -0.1) is 0 Å². The van der Waals surface area contributed by atoms with Crippen molar-refractivity contribution < 1.29 is 13.9 Å². The first-order valence-corrected chi connectivity index (χ1v) is 8.86. The first-order chi connectivity index (χ1) is 12.9. The summed E-state index contributed by atoms with van der Waals surface area (Å²) in [6.45, 7) is 6.10. The van der Waals surface area contributed by atoms with Crippen LogP contribution in [0.4, 0.5) is 10.1 Å².